The lowest BCUT2D eigenvalue weighted by molar-refractivity contribution is -0.133. The maximum atomic E-state index is 12.7. The normalized spacial score (nSPS) is 23.9. The molecule has 23 heavy (non-hydrogen) atoms. The van der Waals surface area contributed by atoms with Gasteiger partial charge in [-0.1, -0.05) is 11.6 Å². The summed E-state index contributed by atoms with van der Waals surface area (Å²) in [6.45, 7) is 1.70. The number of anilines is 2. The van der Waals surface area contributed by atoms with Crippen molar-refractivity contribution in [3.05, 3.63) is 11.2 Å². The van der Waals surface area contributed by atoms with Gasteiger partial charge >= 0.3 is 0 Å². The molecule has 126 valence electrons. The Hall–Kier alpha value is -1.60. The zero-order valence-corrected chi connectivity index (χ0v) is 14.2. The molecule has 1 amide bonds. The van der Waals surface area contributed by atoms with Crippen LogP contribution in [0.2, 0.25) is 5.15 Å². The highest BCUT2D eigenvalue weighted by Gasteiger charge is 2.46. The molecule has 0 aromatic carbocycles. The molecular formula is C15H22ClN5O2. The number of hydrogen-bond donors (Lipinski definition) is 2. The summed E-state index contributed by atoms with van der Waals surface area (Å²) in [5.74, 6) is 1.28. The van der Waals surface area contributed by atoms with Crippen LogP contribution < -0.4 is 15.5 Å². The van der Waals surface area contributed by atoms with Gasteiger partial charge in [0.2, 0.25) is 11.9 Å². The van der Waals surface area contributed by atoms with E-state index < -0.39 is 5.41 Å². The van der Waals surface area contributed by atoms with E-state index in [1.54, 1.807) is 20.2 Å². The molecule has 2 fully saturated rings. The summed E-state index contributed by atoms with van der Waals surface area (Å²) in [6, 6.07) is 2.07. The molecular weight excluding hydrogens is 318 g/mol. The summed E-state index contributed by atoms with van der Waals surface area (Å²) in [6.07, 6.45) is 2.88. The number of carbonyl (C=O) groups is 1. The largest absolute Gasteiger partial charge is 0.383 e. The molecule has 1 saturated heterocycles. The van der Waals surface area contributed by atoms with Crippen LogP contribution >= 0.6 is 11.6 Å². The molecule has 0 spiro atoms. The van der Waals surface area contributed by atoms with Crippen molar-refractivity contribution in [2.75, 3.05) is 44.1 Å². The lowest BCUT2D eigenvalue weighted by Gasteiger charge is -2.27. The molecule has 2 heterocycles. The fraction of sp³-hybridized carbons (Fsp3) is 0.667. The molecule has 1 aromatic rings. The molecule has 1 saturated carbocycles. The number of carbonyl (C=O) groups excluding carboxylic acids is 1. The van der Waals surface area contributed by atoms with Crippen molar-refractivity contribution in [2.45, 2.75) is 25.3 Å². The van der Waals surface area contributed by atoms with Crippen LogP contribution in [-0.2, 0) is 9.53 Å². The van der Waals surface area contributed by atoms with Crippen LogP contribution in [-0.4, -0.2) is 55.8 Å². The van der Waals surface area contributed by atoms with Gasteiger partial charge in [0.15, 0.2) is 0 Å². The quantitative estimate of drug-likeness (QED) is 0.760. The first-order valence-electron chi connectivity index (χ1n) is 7.83. The molecule has 1 aliphatic heterocycles. The van der Waals surface area contributed by atoms with Crippen LogP contribution in [0.15, 0.2) is 6.07 Å². The van der Waals surface area contributed by atoms with Crippen molar-refractivity contribution in [1.29, 1.82) is 0 Å². The number of amides is 1. The Labute approximate surface area is 140 Å². The monoisotopic (exact) mass is 339 g/mol. The van der Waals surface area contributed by atoms with Gasteiger partial charge in [0, 0.05) is 39.4 Å². The lowest BCUT2D eigenvalue weighted by atomic mass is 9.87. The Kier molecular flexibility index (Phi) is 4.59. The third kappa shape index (κ3) is 3.50. The summed E-state index contributed by atoms with van der Waals surface area (Å²) in [5, 5.41) is 6.39. The van der Waals surface area contributed by atoms with E-state index in [9.17, 15) is 4.79 Å². The summed E-state index contributed by atoms with van der Waals surface area (Å²) < 4.78 is 5.35. The van der Waals surface area contributed by atoms with Crippen LogP contribution in [0.4, 0.5) is 11.8 Å². The highest BCUT2D eigenvalue weighted by molar-refractivity contribution is 6.29. The molecule has 1 aromatic heterocycles. The van der Waals surface area contributed by atoms with Crippen LogP contribution in [0, 0.1) is 5.41 Å². The molecule has 0 radical (unpaired) electrons. The van der Waals surface area contributed by atoms with Crippen molar-refractivity contribution < 1.29 is 9.53 Å². The predicted molar refractivity (Wildman–Crippen MR) is 88.9 cm³/mol. The second-order valence-electron chi connectivity index (χ2n) is 6.26. The van der Waals surface area contributed by atoms with E-state index in [1.165, 1.54) is 0 Å². The Morgan fingerprint density at radius 3 is 2.96 bits per heavy atom. The second-order valence-corrected chi connectivity index (χ2v) is 6.64. The van der Waals surface area contributed by atoms with Crippen LogP contribution in [0.25, 0.3) is 0 Å². The van der Waals surface area contributed by atoms with E-state index in [0.29, 0.717) is 30.3 Å². The van der Waals surface area contributed by atoms with Gasteiger partial charge in [-0.2, -0.15) is 4.98 Å². The third-order valence-electron chi connectivity index (χ3n) is 4.40. The van der Waals surface area contributed by atoms with Gasteiger partial charge in [-0.05, 0) is 19.3 Å². The van der Waals surface area contributed by atoms with Gasteiger partial charge in [0.05, 0.1) is 12.0 Å². The van der Waals surface area contributed by atoms with E-state index in [0.717, 1.165) is 31.6 Å². The summed E-state index contributed by atoms with van der Waals surface area (Å²) in [5.41, 5.74) is -0.533. The number of ether oxygens (including phenoxy) is 1. The predicted octanol–water partition coefficient (Wildman–Crippen LogP) is 1.29. The van der Waals surface area contributed by atoms with Crippen LogP contribution in [0.1, 0.15) is 19.3 Å². The third-order valence-corrected chi connectivity index (χ3v) is 4.59. The van der Waals surface area contributed by atoms with E-state index in [2.05, 4.69) is 25.5 Å². The summed E-state index contributed by atoms with van der Waals surface area (Å²) in [4.78, 5) is 23.3. The van der Waals surface area contributed by atoms with Gasteiger partial charge < -0.3 is 20.3 Å². The molecule has 2 aliphatic rings. The number of nitrogens with one attached hydrogen (secondary N) is 2. The lowest BCUT2D eigenvalue weighted by Crippen LogP contribution is -2.46. The Morgan fingerprint density at radius 1 is 1.52 bits per heavy atom. The molecule has 8 heteroatoms. The van der Waals surface area contributed by atoms with Gasteiger partial charge in [0.25, 0.3) is 0 Å². The second kappa shape index (κ2) is 6.49. The summed E-state index contributed by atoms with van der Waals surface area (Å²) in [7, 11) is 3.38. The molecule has 7 nitrogen and oxygen atoms in total. The molecule has 1 aliphatic carbocycles. The first-order chi connectivity index (χ1) is 11.1. The maximum Gasteiger partial charge on any atom is 0.230 e. The summed E-state index contributed by atoms with van der Waals surface area (Å²) >= 11 is 6.06. The van der Waals surface area contributed by atoms with Gasteiger partial charge in [-0.15, -0.1) is 0 Å². The molecule has 3 rings (SSSR count). The van der Waals surface area contributed by atoms with Crippen molar-refractivity contribution in [3.8, 4) is 0 Å². The van der Waals surface area contributed by atoms with E-state index in [1.807, 2.05) is 0 Å². The van der Waals surface area contributed by atoms with Crippen LogP contribution in [0.5, 0.6) is 0 Å². The average Bonchev–Trinajstić information content (AvgIpc) is 3.23. The average molecular weight is 340 g/mol. The van der Waals surface area contributed by atoms with Crippen molar-refractivity contribution in [2.24, 2.45) is 5.41 Å². The highest BCUT2D eigenvalue weighted by Crippen LogP contribution is 2.35. The SMILES string of the molecule is CNc1nc(Cl)cc(N2CC[C@@](COC)(C(=O)NC3CC3)C2)n1. The zero-order chi connectivity index (χ0) is 16.4. The van der Waals surface area contributed by atoms with Gasteiger partial charge in [0.1, 0.15) is 11.0 Å². The number of methoxy groups -OCH3 is 1. The molecule has 2 N–H and O–H groups in total. The van der Waals surface area contributed by atoms with Crippen molar-refractivity contribution in [1.82, 2.24) is 15.3 Å². The molecule has 0 bridgehead atoms. The molecule has 1 atom stereocenters. The standard InChI is InChI=1S/C15H22ClN5O2/c1-17-14-19-11(16)7-12(20-14)21-6-5-15(8-21,9-23-2)13(22)18-10-3-4-10/h7,10H,3-6,8-9H2,1-2H3,(H,18,22)(H,17,19,20)/t15-/m1/s1. The fourth-order valence-electron chi connectivity index (χ4n) is 2.96. The number of rotatable bonds is 6. The topological polar surface area (TPSA) is 79.4 Å². The van der Waals surface area contributed by atoms with Crippen molar-refractivity contribution in [3.63, 3.8) is 0 Å². The zero-order valence-electron chi connectivity index (χ0n) is 13.4. The number of nitrogens with zero attached hydrogens (tertiary/aromatic N) is 3. The Bertz CT molecular complexity index is 595. The minimum atomic E-state index is -0.533. The van der Waals surface area contributed by atoms with E-state index in [4.69, 9.17) is 16.3 Å². The highest BCUT2D eigenvalue weighted by atomic mass is 35.5. The number of hydrogen-bond acceptors (Lipinski definition) is 6. The Balaban J connectivity index is 1.78. The van der Waals surface area contributed by atoms with E-state index in [-0.39, 0.29) is 5.91 Å². The first-order valence-corrected chi connectivity index (χ1v) is 8.21. The van der Waals surface area contributed by atoms with E-state index >= 15 is 0 Å². The van der Waals surface area contributed by atoms with Gasteiger partial charge in [-0.25, -0.2) is 4.98 Å². The van der Waals surface area contributed by atoms with Crippen LogP contribution in [0.3, 0.4) is 0 Å². The number of halogens is 1. The first kappa shape index (κ1) is 16.3. The van der Waals surface area contributed by atoms with Crippen molar-refractivity contribution >= 4 is 29.3 Å². The minimum absolute atomic E-state index is 0.0818. The van der Waals surface area contributed by atoms with Gasteiger partial charge in [-0.3, -0.25) is 4.79 Å². The number of aromatic nitrogens is 2. The smallest absolute Gasteiger partial charge is 0.230 e. The minimum Gasteiger partial charge on any atom is -0.383 e. The molecule has 0 unspecified atom stereocenters. The Morgan fingerprint density at radius 2 is 2.30 bits per heavy atom. The fourth-order valence-corrected chi connectivity index (χ4v) is 3.14. The maximum absolute atomic E-state index is 12.7.